The molecule has 2 aromatic rings. The first-order valence-electron chi connectivity index (χ1n) is 7.44. The lowest BCUT2D eigenvalue weighted by atomic mass is 10.0. The largest absolute Gasteiger partial charge is 0.328 e. The van der Waals surface area contributed by atoms with Gasteiger partial charge < -0.3 is 5.73 Å². The highest BCUT2D eigenvalue weighted by atomic mass is 32.2. The molecule has 21 heavy (non-hydrogen) atoms. The van der Waals surface area contributed by atoms with Gasteiger partial charge in [-0.15, -0.1) is 0 Å². The summed E-state index contributed by atoms with van der Waals surface area (Å²) in [6, 6.07) is 11.1. The second-order valence-electron chi connectivity index (χ2n) is 5.97. The second-order valence-corrected chi connectivity index (χ2v) is 7.04. The van der Waals surface area contributed by atoms with E-state index in [1.807, 2.05) is 13.1 Å². The maximum atomic E-state index is 5.84. The number of rotatable bonds is 5. The highest BCUT2D eigenvalue weighted by molar-refractivity contribution is 7.99. The Bertz CT molecular complexity index is 589. The Kier molecular flexibility index (Phi) is 5.43. The second kappa shape index (κ2) is 7.10. The third-order valence-corrected chi connectivity index (χ3v) is 4.53. The van der Waals surface area contributed by atoms with Crippen LogP contribution in [0.1, 0.15) is 43.4 Å². The summed E-state index contributed by atoms with van der Waals surface area (Å²) in [5, 5.41) is 1.07. The van der Waals surface area contributed by atoms with E-state index in [0.29, 0.717) is 5.92 Å². The topological polar surface area (TPSA) is 38.9 Å². The molecular weight excluding hydrogens is 276 g/mol. The number of nitrogens with zero attached hydrogens (tertiary/aromatic N) is 1. The van der Waals surface area contributed by atoms with Gasteiger partial charge in [-0.25, -0.2) is 4.98 Å². The molecule has 0 aliphatic rings. The Morgan fingerprint density at radius 2 is 1.81 bits per heavy atom. The van der Waals surface area contributed by atoms with E-state index in [4.69, 9.17) is 5.73 Å². The van der Waals surface area contributed by atoms with Crippen molar-refractivity contribution in [2.45, 2.75) is 56.0 Å². The van der Waals surface area contributed by atoms with Crippen molar-refractivity contribution in [2.24, 2.45) is 5.73 Å². The lowest BCUT2D eigenvalue weighted by Crippen LogP contribution is -2.17. The van der Waals surface area contributed by atoms with Crippen LogP contribution >= 0.6 is 11.8 Å². The van der Waals surface area contributed by atoms with Gasteiger partial charge in [-0.3, -0.25) is 0 Å². The third-order valence-electron chi connectivity index (χ3n) is 3.41. The van der Waals surface area contributed by atoms with Crippen LogP contribution in [0.5, 0.6) is 0 Å². The Morgan fingerprint density at radius 1 is 1.14 bits per heavy atom. The van der Waals surface area contributed by atoms with Gasteiger partial charge in [0.1, 0.15) is 5.03 Å². The molecule has 0 amide bonds. The van der Waals surface area contributed by atoms with E-state index in [0.717, 1.165) is 11.4 Å². The lowest BCUT2D eigenvalue weighted by Gasteiger charge is -2.10. The fraction of sp³-hybridized carbons (Fsp3) is 0.389. The standard InChI is InChI=1S/C18H24N2S/c1-12(2)16-5-7-17(8-6-16)21-18-13(3)9-15(11-20-18)10-14(4)19/h5-9,11-12,14H,10,19H2,1-4H3. The minimum absolute atomic E-state index is 0.174. The van der Waals surface area contributed by atoms with E-state index in [-0.39, 0.29) is 6.04 Å². The summed E-state index contributed by atoms with van der Waals surface area (Å²) in [4.78, 5) is 5.82. The summed E-state index contributed by atoms with van der Waals surface area (Å²) < 4.78 is 0. The summed E-state index contributed by atoms with van der Waals surface area (Å²) >= 11 is 1.72. The zero-order chi connectivity index (χ0) is 15.4. The molecule has 0 bridgehead atoms. The van der Waals surface area contributed by atoms with Crippen LogP contribution in [-0.4, -0.2) is 11.0 Å². The zero-order valence-corrected chi connectivity index (χ0v) is 14.1. The Hall–Kier alpha value is -1.32. The van der Waals surface area contributed by atoms with Gasteiger partial charge in [0.2, 0.25) is 0 Å². The normalized spacial score (nSPS) is 12.7. The number of pyridine rings is 1. The zero-order valence-electron chi connectivity index (χ0n) is 13.3. The predicted molar refractivity (Wildman–Crippen MR) is 91.0 cm³/mol. The van der Waals surface area contributed by atoms with E-state index in [1.54, 1.807) is 11.8 Å². The van der Waals surface area contributed by atoms with E-state index < -0.39 is 0 Å². The molecule has 0 aliphatic heterocycles. The summed E-state index contributed by atoms with van der Waals surface area (Å²) in [6.07, 6.45) is 2.82. The maximum absolute atomic E-state index is 5.84. The van der Waals surface area contributed by atoms with E-state index in [1.165, 1.54) is 21.6 Å². The fourth-order valence-electron chi connectivity index (χ4n) is 2.24. The van der Waals surface area contributed by atoms with Crippen LogP contribution in [0.25, 0.3) is 0 Å². The van der Waals surface area contributed by atoms with E-state index in [2.05, 4.69) is 56.1 Å². The molecular formula is C18H24N2S. The summed E-state index contributed by atoms with van der Waals surface area (Å²) in [5.74, 6) is 0.571. The molecule has 1 heterocycles. The molecule has 2 rings (SSSR count). The van der Waals surface area contributed by atoms with Gasteiger partial charge in [0.25, 0.3) is 0 Å². The SMILES string of the molecule is Cc1cc(CC(C)N)cnc1Sc1ccc(C(C)C)cc1. The van der Waals surface area contributed by atoms with Gasteiger partial charge in [-0.1, -0.05) is 43.8 Å². The quantitative estimate of drug-likeness (QED) is 0.880. The van der Waals surface area contributed by atoms with E-state index >= 15 is 0 Å². The van der Waals surface area contributed by atoms with Crippen LogP contribution in [0.4, 0.5) is 0 Å². The Morgan fingerprint density at radius 3 is 2.33 bits per heavy atom. The van der Waals surface area contributed by atoms with Gasteiger partial charge in [0.15, 0.2) is 0 Å². The summed E-state index contributed by atoms with van der Waals surface area (Å²) in [6.45, 7) is 8.56. The first kappa shape index (κ1) is 16.1. The van der Waals surface area contributed by atoms with Crippen LogP contribution in [0.2, 0.25) is 0 Å². The van der Waals surface area contributed by atoms with Crippen LogP contribution in [0.15, 0.2) is 46.5 Å². The molecule has 0 saturated carbocycles. The van der Waals surface area contributed by atoms with Gasteiger partial charge >= 0.3 is 0 Å². The van der Waals surface area contributed by atoms with Crippen molar-refractivity contribution in [2.75, 3.05) is 0 Å². The smallest absolute Gasteiger partial charge is 0.104 e. The molecule has 1 aromatic carbocycles. The van der Waals surface area contributed by atoms with Crippen molar-refractivity contribution in [1.29, 1.82) is 0 Å². The molecule has 0 saturated heterocycles. The number of aryl methyl sites for hydroxylation is 1. The number of hydrogen-bond acceptors (Lipinski definition) is 3. The molecule has 1 atom stereocenters. The van der Waals surface area contributed by atoms with Crippen molar-refractivity contribution in [3.05, 3.63) is 53.2 Å². The molecule has 0 aliphatic carbocycles. The first-order chi connectivity index (χ1) is 9.95. The van der Waals surface area contributed by atoms with Crippen LogP contribution in [-0.2, 0) is 6.42 Å². The van der Waals surface area contributed by atoms with Crippen LogP contribution < -0.4 is 5.73 Å². The molecule has 2 N–H and O–H groups in total. The molecule has 1 unspecified atom stereocenters. The Balaban J connectivity index is 2.12. The third kappa shape index (κ3) is 4.58. The molecule has 2 nitrogen and oxygen atoms in total. The average Bonchev–Trinajstić information content (AvgIpc) is 2.42. The fourth-order valence-corrected chi connectivity index (χ4v) is 3.06. The monoisotopic (exact) mass is 300 g/mol. The first-order valence-corrected chi connectivity index (χ1v) is 8.26. The minimum atomic E-state index is 0.174. The van der Waals surface area contributed by atoms with Crippen molar-refractivity contribution >= 4 is 11.8 Å². The predicted octanol–water partition coefficient (Wildman–Crippen LogP) is 4.55. The average molecular weight is 300 g/mol. The lowest BCUT2D eigenvalue weighted by molar-refractivity contribution is 0.733. The van der Waals surface area contributed by atoms with Gasteiger partial charge in [0.05, 0.1) is 0 Å². The van der Waals surface area contributed by atoms with Crippen LogP contribution in [0.3, 0.4) is 0 Å². The van der Waals surface area contributed by atoms with Gasteiger partial charge in [-0.2, -0.15) is 0 Å². The number of hydrogen-bond donors (Lipinski definition) is 1. The summed E-state index contributed by atoms with van der Waals surface area (Å²) in [7, 11) is 0. The molecule has 0 radical (unpaired) electrons. The minimum Gasteiger partial charge on any atom is -0.328 e. The number of nitrogens with two attached hydrogens (primary N) is 1. The van der Waals surface area contributed by atoms with Gasteiger partial charge in [0, 0.05) is 17.1 Å². The van der Waals surface area contributed by atoms with Crippen molar-refractivity contribution in [1.82, 2.24) is 4.98 Å². The van der Waals surface area contributed by atoms with Crippen molar-refractivity contribution < 1.29 is 0 Å². The maximum Gasteiger partial charge on any atom is 0.104 e. The molecule has 0 fully saturated rings. The van der Waals surface area contributed by atoms with E-state index in [9.17, 15) is 0 Å². The highest BCUT2D eigenvalue weighted by Crippen LogP contribution is 2.30. The molecule has 0 spiro atoms. The molecule has 1 aromatic heterocycles. The summed E-state index contributed by atoms with van der Waals surface area (Å²) in [5.41, 5.74) is 9.64. The molecule has 3 heteroatoms. The van der Waals surface area contributed by atoms with Crippen molar-refractivity contribution in [3.63, 3.8) is 0 Å². The van der Waals surface area contributed by atoms with Gasteiger partial charge in [-0.05, 0) is 55.0 Å². The number of benzene rings is 1. The van der Waals surface area contributed by atoms with Crippen LogP contribution in [0, 0.1) is 6.92 Å². The Labute approximate surface area is 132 Å². The van der Waals surface area contributed by atoms with Crippen molar-refractivity contribution in [3.8, 4) is 0 Å². The molecule has 112 valence electrons. The number of aromatic nitrogens is 1. The highest BCUT2D eigenvalue weighted by Gasteiger charge is 2.06.